The highest BCUT2D eigenvalue weighted by Crippen LogP contribution is 2.28. The van der Waals surface area contributed by atoms with Crippen LogP contribution in [-0.2, 0) is 13.0 Å². The van der Waals surface area contributed by atoms with E-state index in [0.29, 0.717) is 34.6 Å². The largest absolute Gasteiger partial charge is 0.296 e. The summed E-state index contributed by atoms with van der Waals surface area (Å²) < 4.78 is 3.71. The SMILES string of the molecule is Cc1ccc(-n2c3nc4ccccc4nc3c3c(=O)n(CCc4ccccc4)c(C)nc32)cc1. The molecule has 0 unspecified atom stereocenters. The lowest BCUT2D eigenvalue weighted by Crippen LogP contribution is -2.25. The molecule has 166 valence electrons. The van der Waals surface area contributed by atoms with Crippen LogP contribution < -0.4 is 5.56 Å². The quantitative estimate of drug-likeness (QED) is 0.377. The van der Waals surface area contributed by atoms with Crippen molar-refractivity contribution >= 4 is 33.2 Å². The van der Waals surface area contributed by atoms with E-state index in [-0.39, 0.29) is 5.56 Å². The predicted octanol–water partition coefficient (Wildman–Crippen LogP) is 5.14. The maximum atomic E-state index is 13.9. The molecule has 34 heavy (non-hydrogen) atoms. The molecule has 0 atom stereocenters. The van der Waals surface area contributed by atoms with E-state index in [0.717, 1.165) is 28.7 Å². The van der Waals surface area contributed by atoms with Crippen LogP contribution >= 0.6 is 0 Å². The third kappa shape index (κ3) is 3.27. The van der Waals surface area contributed by atoms with Crippen molar-refractivity contribution < 1.29 is 0 Å². The standard InChI is InChI=1S/C28H23N5O/c1-18-12-14-21(15-13-18)33-26-24(25-27(33)31-23-11-7-6-10-22(23)30-25)28(34)32(19(2)29-26)17-16-20-8-4-3-5-9-20/h3-15H,16-17H2,1-2H3. The number of benzene rings is 3. The highest BCUT2D eigenvalue weighted by molar-refractivity contribution is 6.05. The minimum absolute atomic E-state index is 0.0844. The van der Waals surface area contributed by atoms with Gasteiger partial charge in [0.15, 0.2) is 11.3 Å². The zero-order valence-electron chi connectivity index (χ0n) is 19.1. The van der Waals surface area contributed by atoms with Crippen LogP contribution in [0, 0.1) is 13.8 Å². The average Bonchev–Trinajstić information content (AvgIpc) is 3.16. The maximum absolute atomic E-state index is 13.9. The summed E-state index contributed by atoms with van der Waals surface area (Å²) in [5.41, 5.74) is 6.52. The van der Waals surface area contributed by atoms with Gasteiger partial charge in [-0.05, 0) is 50.1 Å². The molecule has 6 rings (SSSR count). The van der Waals surface area contributed by atoms with Gasteiger partial charge in [-0.3, -0.25) is 13.9 Å². The molecule has 0 N–H and O–H groups in total. The zero-order chi connectivity index (χ0) is 23.2. The Kier molecular flexibility index (Phi) is 4.73. The monoisotopic (exact) mass is 445 g/mol. The maximum Gasteiger partial charge on any atom is 0.265 e. The number of hydrogen-bond donors (Lipinski definition) is 0. The number of aromatic nitrogens is 5. The fraction of sp³-hybridized carbons (Fsp3) is 0.143. The minimum atomic E-state index is -0.0844. The molecule has 0 spiro atoms. The third-order valence-corrected chi connectivity index (χ3v) is 6.31. The van der Waals surface area contributed by atoms with Crippen molar-refractivity contribution in [2.45, 2.75) is 26.8 Å². The number of fused-ring (bicyclic) bond motifs is 4. The van der Waals surface area contributed by atoms with Gasteiger partial charge in [0.05, 0.1) is 11.0 Å². The smallest absolute Gasteiger partial charge is 0.265 e. The van der Waals surface area contributed by atoms with E-state index in [1.165, 1.54) is 5.56 Å². The van der Waals surface area contributed by atoms with E-state index >= 15 is 0 Å². The molecular weight excluding hydrogens is 422 g/mol. The molecule has 6 nitrogen and oxygen atoms in total. The van der Waals surface area contributed by atoms with Crippen molar-refractivity contribution in [3.05, 3.63) is 106 Å². The number of nitrogens with zero attached hydrogens (tertiary/aromatic N) is 5. The Labute approximate surface area is 196 Å². The van der Waals surface area contributed by atoms with Crippen LogP contribution in [0.3, 0.4) is 0 Å². The third-order valence-electron chi connectivity index (χ3n) is 6.31. The first kappa shape index (κ1) is 20.3. The van der Waals surface area contributed by atoms with Crippen LogP contribution in [0.25, 0.3) is 38.9 Å². The van der Waals surface area contributed by atoms with Crippen LogP contribution in [0.2, 0.25) is 0 Å². The highest BCUT2D eigenvalue weighted by Gasteiger charge is 2.22. The Bertz CT molecular complexity index is 1730. The summed E-state index contributed by atoms with van der Waals surface area (Å²) in [6.07, 6.45) is 0.750. The normalized spacial score (nSPS) is 11.6. The Morgan fingerprint density at radius 1 is 0.735 bits per heavy atom. The first-order valence-corrected chi connectivity index (χ1v) is 11.4. The Hall–Kier alpha value is -4.32. The molecule has 3 heterocycles. The number of para-hydroxylation sites is 2. The number of aryl methyl sites for hydroxylation is 3. The first-order chi connectivity index (χ1) is 16.6. The van der Waals surface area contributed by atoms with Crippen LogP contribution in [0.5, 0.6) is 0 Å². The molecule has 0 saturated heterocycles. The summed E-state index contributed by atoms with van der Waals surface area (Å²) in [4.78, 5) is 28.6. The minimum Gasteiger partial charge on any atom is -0.296 e. The van der Waals surface area contributed by atoms with E-state index in [2.05, 4.69) is 31.2 Å². The highest BCUT2D eigenvalue weighted by atomic mass is 16.1. The van der Waals surface area contributed by atoms with Gasteiger partial charge < -0.3 is 0 Å². The van der Waals surface area contributed by atoms with Gasteiger partial charge in [0.2, 0.25) is 0 Å². The topological polar surface area (TPSA) is 65.6 Å². The van der Waals surface area contributed by atoms with Gasteiger partial charge in [-0.15, -0.1) is 0 Å². The summed E-state index contributed by atoms with van der Waals surface area (Å²) >= 11 is 0. The lowest BCUT2D eigenvalue weighted by molar-refractivity contribution is 0.637. The van der Waals surface area contributed by atoms with Gasteiger partial charge in [-0.25, -0.2) is 15.0 Å². The molecule has 6 heteroatoms. The molecule has 6 aromatic rings. The van der Waals surface area contributed by atoms with Gasteiger partial charge >= 0.3 is 0 Å². The fourth-order valence-electron chi connectivity index (χ4n) is 4.52. The zero-order valence-corrected chi connectivity index (χ0v) is 19.1. The Morgan fingerprint density at radius 3 is 2.15 bits per heavy atom. The van der Waals surface area contributed by atoms with Gasteiger partial charge in [0.25, 0.3) is 5.56 Å². The van der Waals surface area contributed by atoms with Crippen LogP contribution in [0.15, 0.2) is 83.7 Å². The molecule has 0 bridgehead atoms. The summed E-state index contributed by atoms with van der Waals surface area (Å²) in [7, 11) is 0. The van der Waals surface area contributed by atoms with Crippen molar-refractivity contribution in [3.63, 3.8) is 0 Å². The second kappa shape index (κ2) is 7.92. The predicted molar refractivity (Wildman–Crippen MR) is 136 cm³/mol. The molecule has 3 aromatic carbocycles. The van der Waals surface area contributed by atoms with Crippen molar-refractivity contribution in [2.24, 2.45) is 0 Å². The van der Waals surface area contributed by atoms with Crippen molar-refractivity contribution in [1.82, 2.24) is 24.1 Å². The summed E-state index contributed by atoms with van der Waals surface area (Å²) in [6, 6.07) is 26.1. The van der Waals surface area contributed by atoms with Gasteiger partial charge in [0, 0.05) is 12.2 Å². The van der Waals surface area contributed by atoms with Crippen LogP contribution in [0.1, 0.15) is 17.0 Å². The van der Waals surface area contributed by atoms with Crippen LogP contribution in [-0.4, -0.2) is 24.1 Å². The number of rotatable bonds is 4. The van der Waals surface area contributed by atoms with Crippen LogP contribution in [0.4, 0.5) is 0 Å². The second-order valence-electron chi connectivity index (χ2n) is 8.61. The molecular formula is C28H23N5O. The second-order valence-corrected chi connectivity index (χ2v) is 8.61. The molecule has 3 aromatic heterocycles. The van der Waals surface area contributed by atoms with Crippen molar-refractivity contribution in [2.75, 3.05) is 0 Å². The lowest BCUT2D eigenvalue weighted by atomic mass is 10.1. The molecule has 0 aliphatic rings. The van der Waals surface area contributed by atoms with E-state index in [1.54, 1.807) is 4.57 Å². The Morgan fingerprint density at radius 2 is 1.41 bits per heavy atom. The van der Waals surface area contributed by atoms with E-state index in [4.69, 9.17) is 15.0 Å². The fourth-order valence-corrected chi connectivity index (χ4v) is 4.52. The molecule has 0 aliphatic carbocycles. The summed E-state index contributed by atoms with van der Waals surface area (Å²) in [5.74, 6) is 0.675. The van der Waals surface area contributed by atoms with Gasteiger partial charge in [-0.1, -0.05) is 60.2 Å². The molecule has 0 aliphatic heterocycles. The van der Waals surface area contributed by atoms with Gasteiger partial charge in [0.1, 0.15) is 16.7 Å². The van der Waals surface area contributed by atoms with E-state index in [1.807, 2.05) is 66.1 Å². The van der Waals surface area contributed by atoms with Crippen molar-refractivity contribution in [1.29, 1.82) is 0 Å². The van der Waals surface area contributed by atoms with E-state index < -0.39 is 0 Å². The lowest BCUT2D eigenvalue weighted by Gasteiger charge is -2.11. The van der Waals surface area contributed by atoms with E-state index in [9.17, 15) is 4.79 Å². The molecule has 0 radical (unpaired) electrons. The molecule has 0 amide bonds. The number of hydrogen-bond acceptors (Lipinski definition) is 4. The average molecular weight is 446 g/mol. The summed E-state index contributed by atoms with van der Waals surface area (Å²) in [6.45, 7) is 4.49. The summed E-state index contributed by atoms with van der Waals surface area (Å²) in [5, 5.41) is 0.507. The Balaban J connectivity index is 1.65. The van der Waals surface area contributed by atoms with Crippen molar-refractivity contribution in [3.8, 4) is 5.69 Å². The molecule has 0 fully saturated rings. The molecule has 0 saturated carbocycles. The van der Waals surface area contributed by atoms with Gasteiger partial charge in [-0.2, -0.15) is 0 Å². The first-order valence-electron chi connectivity index (χ1n) is 11.4.